The van der Waals surface area contributed by atoms with Crippen LogP contribution in [-0.2, 0) is 4.79 Å². The van der Waals surface area contributed by atoms with Gasteiger partial charge in [-0.25, -0.2) is 0 Å². The molecule has 2 N–H and O–H groups in total. The van der Waals surface area contributed by atoms with E-state index in [1.807, 2.05) is 11.8 Å². The molecule has 0 spiro atoms. The number of nitrogens with two attached hydrogens (primary N) is 1. The second-order valence-corrected chi connectivity index (χ2v) is 8.22. The summed E-state index contributed by atoms with van der Waals surface area (Å²) in [6.45, 7) is 7.77. The van der Waals surface area contributed by atoms with Crippen LogP contribution in [-0.4, -0.2) is 35.5 Å². The predicted octanol–water partition coefficient (Wildman–Crippen LogP) is 3.58. The molecule has 1 saturated heterocycles. The topological polar surface area (TPSA) is 55.6 Å². The third-order valence-corrected chi connectivity index (χ3v) is 5.94. The summed E-state index contributed by atoms with van der Waals surface area (Å²) in [6, 6.07) is 6.32. The lowest BCUT2D eigenvalue weighted by Crippen LogP contribution is -2.55. The average Bonchev–Trinajstić information content (AvgIpc) is 2.58. The Morgan fingerprint density at radius 2 is 1.92 bits per heavy atom. The zero-order chi connectivity index (χ0) is 18.0. The van der Waals surface area contributed by atoms with E-state index in [1.165, 1.54) is 11.1 Å². The van der Waals surface area contributed by atoms with Crippen molar-refractivity contribution in [2.24, 2.45) is 11.7 Å². The van der Waals surface area contributed by atoms with Crippen LogP contribution < -0.4 is 10.5 Å². The molecule has 1 aromatic carbocycles. The number of hydrogen-bond donors (Lipinski definition) is 1. The summed E-state index contributed by atoms with van der Waals surface area (Å²) >= 11 is 0. The van der Waals surface area contributed by atoms with Crippen LogP contribution in [0, 0.1) is 19.8 Å². The van der Waals surface area contributed by atoms with Crippen LogP contribution in [0.25, 0.3) is 0 Å². The van der Waals surface area contributed by atoms with E-state index in [4.69, 9.17) is 10.5 Å². The maximum atomic E-state index is 12.9. The summed E-state index contributed by atoms with van der Waals surface area (Å²) in [5.74, 6) is 1.22. The van der Waals surface area contributed by atoms with E-state index >= 15 is 0 Å². The fraction of sp³-hybridized carbons (Fsp3) is 0.667. The molecule has 1 saturated carbocycles. The Kier molecular flexibility index (Phi) is 5.38. The molecule has 4 heteroatoms. The van der Waals surface area contributed by atoms with Gasteiger partial charge in [0, 0.05) is 31.5 Å². The first-order valence-electron chi connectivity index (χ1n) is 9.68. The van der Waals surface area contributed by atoms with Crippen molar-refractivity contribution in [1.82, 2.24) is 4.90 Å². The van der Waals surface area contributed by atoms with Crippen molar-refractivity contribution < 1.29 is 9.53 Å². The van der Waals surface area contributed by atoms with Gasteiger partial charge in [-0.15, -0.1) is 0 Å². The number of likely N-dealkylation sites (tertiary alicyclic amines) is 1. The van der Waals surface area contributed by atoms with Crippen LogP contribution in [0.15, 0.2) is 18.2 Å². The van der Waals surface area contributed by atoms with Gasteiger partial charge in [0.2, 0.25) is 5.91 Å². The molecule has 2 atom stereocenters. The van der Waals surface area contributed by atoms with E-state index in [2.05, 4.69) is 32.0 Å². The number of carbonyl (C=O) groups is 1. The number of nitrogens with zero attached hydrogens (tertiary/aromatic N) is 1. The highest BCUT2D eigenvalue weighted by atomic mass is 16.5. The van der Waals surface area contributed by atoms with E-state index in [-0.39, 0.29) is 23.5 Å². The van der Waals surface area contributed by atoms with Crippen molar-refractivity contribution in [3.05, 3.63) is 29.3 Å². The second-order valence-electron chi connectivity index (χ2n) is 8.22. The van der Waals surface area contributed by atoms with Gasteiger partial charge in [-0.2, -0.15) is 0 Å². The molecule has 2 unspecified atom stereocenters. The number of rotatable bonds is 3. The minimum Gasteiger partial charge on any atom is -0.490 e. The molecule has 25 heavy (non-hydrogen) atoms. The molecule has 0 aromatic heterocycles. The highest BCUT2D eigenvalue weighted by molar-refractivity contribution is 5.80. The Bertz CT molecular complexity index is 618. The molecule has 4 nitrogen and oxygen atoms in total. The van der Waals surface area contributed by atoms with Gasteiger partial charge in [-0.1, -0.05) is 25.0 Å². The lowest BCUT2D eigenvalue weighted by atomic mass is 9.74. The first kappa shape index (κ1) is 18.2. The van der Waals surface area contributed by atoms with Gasteiger partial charge in [0.25, 0.3) is 0 Å². The zero-order valence-electron chi connectivity index (χ0n) is 15.9. The highest BCUT2D eigenvalue weighted by Crippen LogP contribution is 2.34. The van der Waals surface area contributed by atoms with Gasteiger partial charge >= 0.3 is 0 Å². The van der Waals surface area contributed by atoms with E-state index in [0.29, 0.717) is 0 Å². The summed E-state index contributed by atoms with van der Waals surface area (Å²) < 4.78 is 6.22. The standard InChI is InChI=1S/C21H32N2O2/c1-15-7-8-16(2)19(14-15)25-17-9-12-23(13-10-17)20(24)18-6-4-5-11-21(18,3)22/h7-8,14,17-18H,4-6,9-13,22H2,1-3H3. The minimum absolute atomic E-state index is 0.0160. The fourth-order valence-corrected chi connectivity index (χ4v) is 4.19. The van der Waals surface area contributed by atoms with E-state index in [0.717, 1.165) is 57.4 Å². The van der Waals surface area contributed by atoms with Crippen molar-refractivity contribution in [2.45, 2.75) is 70.9 Å². The molecule has 0 radical (unpaired) electrons. The van der Waals surface area contributed by atoms with E-state index in [9.17, 15) is 4.79 Å². The average molecular weight is 344 g/mol. The Morgan fingerprint density at radius 3 is 2.60 bits per heavy atom. The smallest absolute Gasteiger partial charge is 0.227 e. The van der Waals surface area contributed by atoms with Crippen molar-refractivity contribution >= 4 is 5.91 Å². The maximum Gasteiger partial charge on any atom is 0.227 e. The van der Waals surface area contributed by atoms with Gasteiger partial charge in [-0.3, -0.25) is 4.79 Å². The van der Waals surface area contributed by atoms with Gasteiger partial charge in [0.05, 0.1) is 5.92 Å². The van der Waals surface area contributed by atoms with Gasteiger partial charge in [0.1, 0.15) is 11.9 Å². The molecular weight excluding hydrogens is 312 g/mol. The SMILES string of the molecule is Cc1ccc(C)c(OC2CCN(C(=O)C3CCCCC3(C)N)CC2)c1. The summed E-state index contributed by atoms with van der Waals surface area (Å²) in [5.41, 5.74) is 8.46. The molecule has 1 aliphatic heterocycles. The first-order valence-corrected chi connectivity index (χ1v) is 9.68. The Hall–Kier alpha value is -1.55. The minimum atomic E-state index is -0.346. The summed E-state index contributed by atoms with van der Waals surface area (Å²) in [5, 5.41) is 0. The van der Waals surface area contributed by atoms with Crippen molar-refractivity contribution in [1.29, 1.82) is 0 Å². The lowest BCUT2D eigenvalue weighted by molar-refractivity contribution is -0.140. The quantitative estimate of drug-likeness (QED) is 0.912. The van der Waals surface area contributed by atoms with Crippen LogP contribution in [0.2, 0.25) is 0 Å². The molecule has 2 aliphatic rings. The monoisotopic (exact) mass is 344 g/mol. The van der Waals surface area contributed by atoms with Crippen LogP contribution >= 0.6 is 0 Å². The molecule has 1 aromatic rings. The Morgan fingerprint density at radius 1 is 1.20 bits per heavy atom. The van der Waals surface area contributed by atoms with Gasteiger partial charge in [-0.05, 0) is 50.8 Å². The third-order valence-electron chi connectivity index (χ3n) is 5.94. The van der Waals surface area contributed by atoms with Crippen LogP contribution in [0.3, 0.4) is 0 Å². The third kappa shape index (κ3) is 4.17. The largest absolute Gasteiger partial charge is 0.490 e. The van der Waals surface area contributed by atoms with Gasteiger partial charge in [0.15, 0.2) is 0 Å². The maximum absolute atomic E-state index is 12.9. The number of amides is 1. The molecule has 1 amide bonds. The van der Waals surface area contributed by atoms with Gasteiger partial charge < -0.3 is 15.4 Å². The zero-order valence-corrected chi connectivity index (χ0v) is 15.9. The van der Waals surface area contributed by atoms with Crippen LogP contribution in [0.4, 0.5) is 0 Å². The molecule has 1 aliphatic carbocycles. The number of aryl methyl sites for hydroxylation is 2. The highest BCUT2D eigenvalue weighted by Gasteiger charge is 2.40. The predicted molar refractivity (Wildman–Crippen MR) is 101 cm³/mol. The Balaban J connectivity index is 1.56. The molecule has 0 bridgehead atoms. The molecule has 1 heterocycles. The van der Waals surface area contributed by atoms with Crippen molar-refractivity contribution in [3.63, 3.8) is 0 Å². The lowest BCUT2D eigenvalue weighted by Gasteiger charge is -2.41. The number of benzene rings is 1. The molecule has 138 valence electrons. The molecule has 2 fully saturated rings. The first-order chi connectivity index (χ1) is 11.9. The number of hydrogen-bond acceptors (Lipinski definition) is 3. The van der Waals surface area contributed by atoms with Crippen molar-refractivity contribution in [2.75, 3.05) is 13.1 Å². The fourth-order valence-electron chi connectivity index (χ4n) is 4.19. The number of carbonyl (C=O) groups excluding carboxylic acids is 1. The van der Waals surface area contributed by atoms with E-state index < -0.39 is 0 Å². The normalized spacial score (nSPS) is 28.0. The van der Waals surface area contributed by atoms with Crippen molar-refractivity contribution in [3.8, 4) is 5.75 Å². The molecule has 3 rings (SSSR count). The summed E-state index contributed by atoms with van der Waals surface area (Å²) in [4.78, 5) is 15.0. The Labute approximate surface area is 151 Å². The number of ether oxygens (including phenoxy) is 1. The van der Waals surface area contributed by atoms with Crippen LogP contribution in [0.5, 0.6) is 5.75 Å². The summed E-state index contributed by atoms with van der Waals surface area (Å²) in [7, 11) is 0. The second kappa shape index (κ2) is 7.36. The molecular formula is C21H32N2O2. The van der Waals surface area contributed by atoms with Crippen LogP contribution in [0.1, 0.15) is 56.6 Å². The number of piperidine rings is 1. The summed E-state index contributed by atoms with van der Waals surface area (Å²) in [6.07, 6.45) is 6.14. The van der Waals surface area contributed by atoms with E-state index in [1.54, 1.807) is 0 Å².